The molecule has 0 N–H and O–H groups in total. The maximum absolute atomic E-state index is 4.37. The third-order valence-corrected chi connectivity index (χ3v) is 11.1. The molecule has 0 bridgehead atoms. The van der Waals surface area contributed by atoms with Gasteiger partial charge in [-0.25, -0.2) is 0 Å². The standard InChI is InChI=1S/C39H26N2.C11H11N2.Ir/c1-40-25-41(38-17-9-8-16-37(38)40)28-21-18-26(19-22-28)27-20-23-32-31-12-4-7-15-35(31)39(36(32)24-27)33-13-5-2-10-29(33)30-11-3-6-14-34(30)39;1-9-8-10(2)13(12-9)11-6-4-3-5-7-11;/h2-21,23-25H,1H3;3-6,8H,1-2H3;/q-2;-1;+3. The van der Waals surface area contributed by atoms with Gasteiger partial charge in [-0.15, -0.1) is 23.4 Å². The molecule has 3 aliphatic rings. The van der Waals surface area contributed by atoms with E-state index in [-0.39, 0.29) is 25.5 Å². The van der Waals surface area contributed by atoms with E-state index in [9.17, 15) is 0 Å². The Morgan fingerprint density at radius 1 is 0.545 bits per heavy atom. The maximum Gasteiger partial charge on any atom is 3.00 e. The summed E-state index contributed by atoms with van der Waals surface area (Å²) in [6.45, 7) is 6.16. The third-order valence-electron chi connectivity index (χ3n) is 11.1. The topological polar surface area (TPSA) is 24.3 Å². The molecule has 7 aromatic carbocycles. The molecule has 0 atom stereocenters. The van der Waals surface area contributed by atoms with Crippen LogP contribution in [0.1, 0.15) is 33.6 Å². The Morgan fingerprint density at radius 2 is 1.13 bits per heavy atom. The van der Waals surface area contributed by atoms with Crippen LogP contribution < -0.4 is 9.80 Å². The summed E-state index contributed by atoms with van der Waals surface area (Å²) in [5.41, 5.74) is 19.4. The van der Waals surface area contributed by atoms with Crippen molar-refractivity contribution in [2.75, 3.05) is 16.8 Å². The minimum atomic E-state index is -0.322. The summed E-state index contributed by atoms with van der Waals surface area (Å²) in [4.78, 5) is 4.37. The van der Waals surface area contributed by atoms with Crippen LogP contribution in [-0.2, 0) is 25.5 Å². The van der Waals surface area contributed by atoms with Crippen molar-refractivity contribution in [3.8, 4) is 39.1 Å². The summed E-state index contributed by atoms with van der Waals surface area (Å²) < 4.78 is 1.90. The van der Waals surface area contributed by atoms with Gasteiger partial charge in [0.25, 0.3) is 0 Å². The van der Waals surface area contributed by atoms with Crippen molar-refractivity contribution in [2.45, 2.75) is 19.3 Å². The minimum Gasteiger partial charge on any atom is -0.504 e. The number of anilines is 3. The average Bonchev–Trinajstić information content (AvgIpc) is 3.94. The largest absolute Gasteiger partial charge is 3.00 e. The minimum absolute atomic E-state index is 0. The molecule has 4 nitrogen and oxygen atoms in total. The first kappa shape index (κ1) is 34.7. The van der Waals surface area contributed by atoms with Crippen LogP contribution >= 0.6 is 0 Å². The first-order chi connectivity index (χ1) is 26.5. The summed E-state index contributed by atoms with van der Waals surface area (Å²) >= 11 is 0. The summed E-state index contributed by atoms with van der Waals surface area (Å²) in [5, 5.41) is 4.37. The summed E-state index contributed by atoms with van der Waals surface area (Å²) in [6.07, 6.45) is 0. The Labute approximate surface area is 336 Å². The van der Waals surface area contributed by atoms with Gasteiger partial charge < -0.3 is 9.80 Å². The molecule has 0 saturated carbocycles. The van der Waals surface area contributed by atoms with Gasteiger partial charge in [0.1, 0.15) is 0 Å². The van der Waals surface area contributed by atoms with Gasteiger partial charge in [-0.1, -0.05) is 109 Å². The van der Waals surface area contributed by atoms with Gasteiger partial charge >= 0.3 is 20.1 Å². The van der Waals surface area contributed by atoms with Crippen LogP contribution in [0.15, 0.2) is 164 Å². The van der Waals surface area contributed by atoms with Gasteiger partial charge in [-0.05, 0) is 89.3 Å². The number of rotatable bonds is 3. The summed E-state index contributed by atoms with van der Waals surface area (Å²) in [7, 11) is 2.09. The van der Waals surface area contributed by atoms with E-state index in [0.717, 1.165) is 22.8 Å². The molecule has 11 rings (SSSR count). The van der Waals surface area contributed by atoms with Crippen LogP contribution in [0.4, 0.5) is 17.1 Å². The average molecular weight is 886 g/mol. The van der Waals surface area contributed by atoms with Crippen LogP contribution in [0.5, 0.6) is 0 Å². The molecule has 2 heterocycles. The van der Waals surface area contributed by atoms with Crippen molar-refractivity contribution in [1.82, 2.24) is 9.78 Å². The molecule has 8 aromatic rings. The Balaban J connectivity index is 0.000000241. The van der Waals surface area contributed by atoms with E-state index in [4.69, 9.17) is 0 Å². The van der Waals surface area contributed by atoms with Crippen LogP contribution in [-0.4, -0.2) is 16.8 Å². The van der Waals surface area contributed by atoms with Crippen molar-refractivity contribution in [3.63, 3.8) is 0 Å². The molecular formula is C50H37IrN4. The van der Waals surface area contributed by atoms with Crippen molar-refractivity contribution in [3.05, 3.63) is 216 Å². The molecule has 5 heteroatoms. The number of hydrogen-bond acceptors (Lipinski definition) is 3. The van der Waals surface area contributed by atoms with Gasteiger partial charge in [-0.2, -0.15) is 54.2 Å². The first-order valence-electron chi connectivity index (χ1n) is 18.4. The number of para-hydroxylation sites is 3. The summed E-state index contributed by atoms with van der Waals surface area (Å²) in [6, 6.07) is 65.6. The van der Waals surface area contributed by atoms with Crippen LogP contribution in [0.3, 0.4) is 0 Å². The van der Waals surface area contributed by atoms with E-state index >= 15 is 0 Å². The Bertz CT molecular complexity index is 2630. The van der Waals surface area contributed by atoms with E-state index in [1.807, 2.05) is 42.8 Å². The Hall–Kier alpha value is -6.00. The Kier molecular flexibility index (Phi) is 8.65. The van der Waals surface area contributed by atoms with Gasteiger partial charge in [-0.3, -0.25) is 4.68 Å². The molecule has 1 aliphatic heterocycles. The first-order valence-corrected chi connectivity index (χ1v) is 18.4. The molecule has 55 heavy (non-hydrogen) atoms. The van der Waals surface area contributed by atoms with E-state index in [1.54, 1.807) is 0 Å². The molecule has 0 amide bonds. The second-order valence-corrected chi connectivity index (χ2v) is 14.3. The molecule has 1 spiro atoms. The van der Waals surface area contributed by atoms with Crippen LogP contribution in [0, 0.1) is 32.6 Å². The van der Waals surface area contributed by atoms with E-state index in [2.05, 4.69) is 180 Å². The predicted octanol–water partition coefficient (Wildman–Crippen LogP) is 11.5. The fourth-order valence-corrected chi connectivity index (χ4v) is 8.86. The van der Waals surface area contributed by atoms with E-state index in [1.165, 1.54) is 67.0 Å². The maximum atomic E-state index is 4.37. The molecule has 0 saturated heterocycles. The molecule has 0 fully saturated rings. The fourth-order valence-electron chi connectivity index (χ4n) is 8.86. The number of hydrogen-bond donors (Lipinski definition) is 0. The smallest absolute Gasteiger partial charge is 0.504 e. The molecule has 266 valence electrons. The SMILES string of the molecule is CN1[CH-]N(c2[c-]cc(-c3ccc4c(c3)C3(c5ccccc5-c5ccccc53)c3ccccc3-4)cc2)c2ccccc21.Cc1cc(C)n(-c2[c-]cccc2)n1.[Ir+3]. The number of nitrogens with zero attached hydrogens (tertiary/aromatic N) is 4. The normalized spacial score (nSPS) is 13.6. The number of fused-ring (bicyclic) bond motifs is 11. The quantitative estimate of drug-likeness (QED) is 0.165. The van der Waals surface area contributed by atoms with Crippen LogP contribution in [0.2, 0.25) is 0 Å². The zero-order valence-corrected chi connectivity index (χ0v) is 33.2. The second kappa shape index (κ2) is 13.7. The molecular weight excluding hydrogens is 849 g/mol. The molecule has 1 aromatic heterocycles. The zero-order valence-electron chi connectivity index (χ0n) is 30.8. The monoisotopic (exact) mass is 886 g/mol. The molecule has 2 aliphatic carbocycles. The van der Waals surface area contributed by atoms with Crippen molar-refractivity contribution >= 4 is 17.1 Å². The van der Waals surface area contributed by atoms with Gasteiger partial charge in [0.15, 0.2) is 0 Å². The second-order valence-electron chi connectivity index (χ2n) is 14.3. The number of aromatic nitrogens is 2. The number of benzene rings is 7. The molecule has 0 unspecified atom stereocenters. The van der Waals surface area contributed by atoms with Gasteiger partial charge in [0.2, 0.25) is 0 Å². The van der Waals surface area contributed by atoms with Gasteiger partial charge in [0, 0.05) is 17.1 Å². The zero-order chi connectivity index (χ0) is 36.4. The molecule has 0 radical (unpaired) electrons. The fraction of sp³-hybridized carbons (Fsp3) is 0.0800. The van der Waals surface area contributed by atoms with E-state index < -0.39 is 0 Å². The van der Waals surface area contributed by atoms with Crippen molar-refractivity contribution in [2.24, 2.45) is 0 Å². The number of aryl methyl sites for hydroxylation is 2. The van der Waals surface area contributed by atoms with Gasteiger partial charge in [0.05, 0.1) is 11.1 Å². The van der Waals surface area contributed by atoms with Crippen molar-refractivity contribution in [1.29, 1.82) is 0 Å². The summed E-state index contributed by atoms with van der Waals surface area (Å²) in [5.74, 6) is 0. The van der Waals surface area contributed by atoms with E-state index in [0.29, 0.717) is 0 Å². The predicted molar refractivity (Wildman–Crippen MR) is 220 cm³/mol. The Morgan fingerprint density at radius 3 is 1.71 bits per heavy atom. The third kappa shape index (κ3) is 5.41. The van der Waals surface area contributed by atoms with Crippen LogP contribution in [0.25, 0.3) is 39.1 Å². The van der Waals surface area contributed by atoms with Crippen molar-refractivity contribution < 1.29 is 20.1 Å².